The second-order valence-electron chi connectivity index (χ2n) is 1.89. The number of aromatic nitrogens is 2. The highest BCUT2D eigenvalue weighted by Crippen LogP contribution is 2.00. The molecule has 0 spiro atoms. The van der Waals surface area contributed by atoms with E-state index >= 15 is 0 Å². The van der Waals surface area contributed by atoms with Crippen LogP contribution in [-0.4, -0.2) is 21.0 Å². The Hall–Kier alpha value is -1.16. The van der Waals surface area contributed by atoms with Gasteiger partial charge in [-0.2, -0.15) is 0 Å². The molecule has 11 heavy (non-hydrogen) atoms. The molecule has 0 bridgehead atoms. The predicted molar refractivity (Wildman–Crippen MR) is 38.4 cm³/mol. The maximum absolute atomic E-state index is 10.2. The number of carboxylic acid groups (broad SMARTS) is 1. The van der Waals surface area contributed by atoms with Crippen molar-refractivity contribution in [3.8, 4) is 0 Å². The van der Waals surface area contributed by atoms with Gasteiger partial charge in [-0.1, -0.05) is 0 Å². The monoisotopic (exact) mass is 172 g/mol. The summed E-state index contributed by atoms with van der Waals surface area (Å²) in [6.45, 7) is 0. The molecule has 5 heteroatoms. The molecule has 0 saturated carbocycles. The lowest BCUT2D eigenvalue weighted by Crippen LogP contribution is -2.02. The fourth-order valence-corrected chi connectivity index (χ4v) is 0.788. The first kappa shape index (κ1) is 7.94. The molecular formula is C6H5ClN2O2. The first-order chi connectivity index (χ1) is 5.18. The van der Waals surface area contributed by atoms with E-state index in [9.17, 15) is 4.79 Å². The van der Waals surface area contributed by atoms with Gasteiger partial charge in [0, 0.05) is 6.20 Å². The molecular weight excluding hydrogens is 168 g/mol. The molecule has 0 aliphatic carbocycles. The third-order valence-corrected chi connectivity index (χ3v) is 1.20. The van der Waals surface area contributed by atoms with Crippen LogP contribution in [-0.2, 0) is 11.2 Å². The molecule has 0 atom stereocenters. The van der Waals surface area contributed by atoms with Gasteiger partial charge in [-0.3, -0.25) is 4.79 Å². The van der Waals surface area contributed by atoms with E-state index in [1.807, 2.05) is 0 Å². The van der Waals surface area contributed by atoms with Crippen molar-refractivity contribution in [2.24, 2.45) is 0 Å². The number of hydrogen-bond acceptors (Lipinski definition) is 3. The van der Waals surface area contributed by atoms with Crippen molar-refractivity contribution in [3.05, 3.63) is 23.2 Å². The summed E-state index contributed by atoms with van der Waals surface area (Å²) in [5.74, 6) is -0.931. The lowest BCUT2D eigenvalue weighted by atomic mass is 10.3. The Morgan fingerprint density at radius 2 is 2.45 bits per heavy atom. The molecule has 0 amide bonds. The SMILES string of the molecule is O=C(O)Cc1ccnc(Cl)n1. The largest absolute Gasteiger partial charge is 0.481 e. The fraction of sp³-hybridized carbons (Fsp3) is 0.167. The van der Waals surface area contributed by atoms with Crippen molar-refractivity contribution in [1.29, 1.82) is 0 Å². The Kier molecular flexibility index (Phi) is 2.38. The normalized spacial score (nSPS) is 9.55. The van der Waals surface area contributed by atoms with E-state index in [0.717, 1.165) is 0 Å². The average Bonchev–Trinajstić information content (AvgIpc) is 1.85. The van der Waals surface area contributed by atoms with Crippen LogP contribution >= 0.6 is 11.6 Å². The number of rotatable bonds is 2. The number of carboxylic acids is 1. The molecule has 0 aliphatic rings. The van der Waals surface area contributed by atoms with Gasteiger partial charge in [-0.25, -0.2) is 9.97 Å². The van der Waals surface area contributed by atoms with Crippen LogP contribution in [0.1, 0.15) is 5.69 Å². The van der Waals surface area contributed by atoms with E-state index in [1.165, 1.54) is 12.3 Å². The molecule has 0 radical (unpaired) electrons. The van der Waals surface area contributed by atoms with Crippen molar-refractivity contribution in [2.45, 2.75) is 6.42 Å². The van der Waals surface area contributed by atoms with Crippen LogP contribution in [0.5, 0.6) is 0 Å². The molecule has 0 saturated heterocycles. The molecule has 0 fully saturated rings. The summed E-state index contributed by atoms with van der Waals surface area (Å²) in [7, 11) is 0. The van der Waals surface area contributed by atoms with E-state index < -0.39 is 5.97 Å². The van der Waals surface area contributed by atoms with Crippen LogP contribution < -0.4 is 0 Å². The van der Waals surface area contributed by atoms with E-state index in [2.05, 4.69) is 9.97 Å². The van der Waals surface area contributed by atoms with Gasteiger partial charge >= 0.3 is 5.97 Å². The van der Waals surface area contributed by atoms with Gasteiger partial charge < -0.3 is 5.11 Å². The van der Waals surface area contributed by atoms with Gasteiger partial charge in [0.25, 0.3) is 0 Å². The molecule has 1 aromatic rings. The number of hydrogen-bond donors (Lipinski definition) is 1. The van der Waals surface area contributed by atoms with Crippen molar-refractivity contribution in [1.82, 2.24) is 9.97 Å². The van der Waals surface area contributed by atoms with Crippen LogP contribution in [0.4, 0.5) is 0 Å². The predicted octanol–water partition coefficient (Wildman–Crippen LogP) is 0.757. The molecule has 0 aromatic carbocycles. The molecule has 0 unspecified atom stereocenters. The van der Waals surface area contributed by atoms with Crippen LogP contribution in [0.15, 0.2) is 12.3 Å². The summed E-state index contributed by atoms with van der Waals surface area (Å²) in [5, 5.41) is 8.43. The highest BCUT2D eigenvalue weighted by molar-refractivity contribution is 6.28. The second-order valence-corrected chi connectivity index (χ2v) is 2.23. The van der Waals surface area contributed by atoms with E-state index in [-0.39, 0.29) is 11.7 Å². The molecule has 1 heterocycles. The summed E-state index contributed by atoms with van der Waals surface area (Å²) in [4.78, 5) is 17.5. The summed E-state index contributed by atoms with van der Waals surface area (Å²) in [6.07, 6.45) is 1.30. The molecule has 1 aromatic heterocycles. The van der Waals surface area contributed by atoms with Gasteiger partial charge in [0.1, 0.15) is 0 Å². The van der Waals surface area contributed by atoms with E-state index in [1.54, 1.807) is 0 Å². The maximum Gasteiger partial charge on any atom is 0.309 e. The van der Waals surface area contributed by atoms with Crippen LogP contribution in [0, 0.1) is 0 Å². The minimum Gasteiger partial charge on any atom is -0.481 e. The van der Waals surface area contributed by atoms with Gasteiger partial charge in [-0.15, -0.1) is 0 Å². The maximum atomic E-state index is 10.2. The van der Waals surface area contributed by atoms with Crippen molar-refractivity contribution in [2.75, 3.05) is 0 Å². The molecule has 4 nitrogen and oxygen atoms in total. The Morgan fingerprint density at radius 1 is 1.73 bits per heavy atom. The highest BCUT2D eigenvalue weighted by Gasteiger charge is 2.01. The van der Waals surface area contributed by atoms with E-state index in [4.69, 9.17) is 16.7 Å². The van der Waals surface area contributed by atoms with Gasteiger partial charge in [0.2, 0.25) is 5.28 Å². The summed E-state index contributed by atoms with van der Waals surface area (Å²) in [5.41, 5.74) is 0.414. The minimum absolute atomic E-state index is 0.0729. The minimum atomic E-state index is -0.931. The zero-order chi connectivity index (χ0) is 8.27. The van der Waals surface area contributed by atoms with Gasteiger partial charge in [0.05, 0.1) is 12.1 Å². The van der Waals surface area contributed by atoms with Crippen LogP contribution in [0.25, 0.3) is 0 Å². The van der Waals surface area contributed by atoms with Crippen molar-refractivity contribution in [3.63, 3.8) is 0 Å². The standard InChI is InChI=1S/C6H5ClN2O2/c7-6-8-2-1-4(9-6)3-5(10)11/h1-2H,3H2,(H,10,11). The molecule has 0 aliphatic heterocycles. The zero-order valence-electron chi connectivity index (χ0n) is 5.49. The number of halogens is 1. The topological polar surface area (TPSA) is 63.1 Å². The highest BCUT2D eigenvalue weighted by atomic mass is 35.5. The Balaban J connectivity index is 2.79. The molecule has 1 N–H and O–H groups in total. The number of nitrogens with zero attached hydrogens (tertiary/aromatic N) is 2. The summed E-state index contributed by atoms with van der Waals surface area (Å²) >= 11 is 5.41. The third-order valence-electron chi connectivity index (χ3n) is 1.02. The van der Waals surface area contributed by atoms with Gasteiger partial charge in [0.15, 0.2) is 0 Å². The lowest BCUT2D eigenvalue weighted by Gasteiger charge is -1.93. The number of aliphatic carboxylic acids is 1. The van der Waals surface area contributed by atoms with Gasteiger partial charge in [-0.05, 0) is 17.7 Å². The van der Waals surface area contributed by atoms with Crippen LogP contribution in [0.3, 0.4) is 0 Å². The lowest BCUT2D eigenvalue weighted by molar-refractivity contribution is -0.136. The second kappa shape index (κ2) is 3.30. The Labute approximate surface area is 67.9 Å². The third kappa shape index (κ3) is 2.51. The molecule has 1 rings (SSSR count). The smallest absolute Gasteiger partial charge is 0.309 e. The fourth-order valence-electron chi connectivity index (χ4n) is 0.623. The first-order valence-corrected chi connectivity index (χ1v) is 3.25. The summed E-state index contributed by atoms with van der Waals surface area (Å²) < 4.78 is 0. The Morgan fingerprint density at radius 3 is 3.00 bits per heavy atom. The summed E-state index contributed by atoms with van der Waals surface area (Å²) in [6, 6.07) is 1.51. The number of carbonyl (C=O) groups is 1. The van der Waals surface area contributed by atoms with Crippen molar-refractivity contribution < 1.29 is 9.90 Å². The zero-order valence-corrected chi connectivity index (χ0v) is 6.25. The Bertz CT molecular complexity index is 277. The van der Waals surface area contributed by atoms with Crippen molar-refractivity contribution >= 4 is 17.6 Å². The average molecular weight is 173 g/mol. The quantitative estimate of drug-likeness (QED) is 0.669. The van der Waals surface area contributed by atoms with E-state index in [0.29, 0.717) is 5.69 Å². The molecule has 58 valence electrons. The van der Waals surface area contributed by atoms with Crippen LogP contribution in [0.2, 0.25) is 5.28 Å². The first-order valence-electron chi connectivity index (χ1n) is 2.87.